The number of halogens is 1. The largest absolute Gasteiger partial charge is 0.497 e. The number of hydrogen-bond acceptors (Lipinski definition) is 4. The summed E-state index contributed by atoms with van der Waals surface area (Å²) in [6.45, 7) is 7.24. The zero-order chi connectivity index (χ0) is 27.5. The van der Waals surface area contributed by atoms with Crippen LogP contribution in [0.1, 0.15) is 69.9 Å². The summed E-state index contributed by atoms with van der Waals surface area (Å²) in [5, 5.41) is 9.30. The first-order valence-corrected chi connectivity index (χ1v) is 13.3. The van der Waals surface area contributed by atoms with E-state index in [4.69, 9.17) is 14.2 Å². The predicted molar refractivity (Wildman–Crippen MR) is 149 cm³/mol. The van der Waals surface area contributed by atoms with Gasteiger partial charge >= 0.3 is 5.97 Å². The minimum atomic E-state index is -0.803. The van der Waals surface area contributed by atoms with E-state index in [2.05, 4.69) is 20.8 Å². The molecular weight excluding hydrogens is 483 g/mol. The molecule has 0 aliphatic heterocycles. The van der Waals surface area contributed by atoms with E-state index in [1.807, 2.05) is 42.5 Å². The SMILES string of the molecule is CCC[C@@H](CC(=O)O)c1cccc(OCc2ccc(-c3cc(OC)ccc3F)c(OCCCC(C)C)c2)c1. The molecule has 204 valence electrons. The number of carbonyl (C=O) groups is 1. The Hall–Kier alpha value is -3.54. The van der Waals surface area contributed by atoms with Crippen molar-refractivity contribution in [1.29, 1.82) is 0 Å². The number of aliphatic carboxylic acids is 1. The third kappa shape index (κ3) is 8.51. The molecule has 0 saturated carbocycles. The predicted octanol–water partition coefficient (Wildman–Crippen LogP) is 8.25. The number of hydrogen-bond donors (Lipinski definition) is 1. The van der Waals surface area contributed by atoms with Gasteiger partial charge in [0.25, 0.3) is 0 Å². The fourth-order valence-electron chi connectivity index (χ4n) is 4.48. The first-order valence-electron chi connectivity index (χ1n) is 13.3. The summed E-state index contributed by atoms with van der Waals surface area (Å²) >= 11 is 0. The topological polar surface area (TPSA) is 65.0 Å². The Kier molecular flexibility index (Phi) is 11.0. The molecule has 0 amide bonds. The first-order chi connectivity index (χ1) is 18.3. The summed E-state index contributed by atoms with van der Waals surface area (Å²) in [5.41, 5.74) is 2.93. The molecule has 0 aromatic heterocycles. The standard InChI is InChI=1S/C32H39FO5/c1-5-8-24(19-32(34)35)25-10-6-11-27(18-25)38-21-23-12-14-28(29-20-26(36-4)13-15-30(29)33)31(17-23)37-16-7-9-22(2)3/h6,10-15,17-18,20,22,24H,5,7-9,16,19,21H2,1-4H3,(H,34,35)/t24-/m0/s1. The fraction of sp³-hybridized carbons (Fsp3) is 0.406. The van der Waals surface area contributed by atoms with Crippen molar-refractivity contribution in [3.8, 4) is 28.4 Å². The average Bonchev–Trinajstić information content (AvgIpc) is 2.90. The fourth-order valence-corrected chi connectivity index (χ4v) is 4.48. The lowest BCUT2D eigenvalue weighted by Crippen LogP contribution is -2.07. The van der Waals surface area contributed by atoms with Crippen LogP contribution in [0.25, 0.3) is 11.1 Å². The Labute approximate surface area is 225 Å². The van der Waals surface area contributed by atoms with Crippen molar-refractivity contribution < 1.29 is 28.5 Å². The van der Waals surface area contributed by atoms with Gasteiger partial charge < -0.3 is 19.3 Å². The summed E-state index contributed by atoms with van der Waals surface area (Å²) in [7, 11) is 1.56. The van der Waals surface area contributed by atoms with E-state index in [0.29, 0.717) is 47.5 Å². The van der Waals surface area contributed by atoms with Crippen LogP contribution in [0.15, 0.2) is 60.7 Å². The second-order valence-electron chi connectivity index (χ2n) is 10.0. The van der Waals surface area contributed by atoms with E-state index < -0.39 is 5.97 Å². The van der Waals surface area contributed by atoms with Crippen molar-refractivity contribution >= 4 is 5.97 Å². The number of carboxylic acid groups (broad SMARTS) is 1. The van der Waals surface area contributed by atoms with E-state index >= 15 is 0 Å². The monoisotopic (exact) mass is 522 g/mol. The lowest BCUT2D eigenvalue weighted by molar-refractivity contribution is -0.137. The summed E-state index contributed by atoms with van der Waals surface area (Å²) in [6.07, 6.45) is 3.75. The van der Waals surface area contributed by atoms with Gasteiger partial charge in [0.05, 0.1) is 20.1 Å². The van der Waals surface area contributed by atoms with Crippen LogP contribution in [0, 0.1) is 11.7 Å². The molecule has 0 spiro atoms. The maximum Gasteiger partial charge on any atom is 0.303 e. The molecule has 1 atom stereocenters. The number of methoxy groups -OCH3 is 1. The molecule has 0 radical (unpaired) electrons. The summed E-state index contributed by atoms with van der Waals surface area (Å²) < 4.78 is 32.4. The molecule has 3 aromatic rings. The van der Waals surface area contributed by atoms with Crippen molar-refractivity contribution in [2.45, 2.75) is 65.4 Å². The van der Waals surface area contributed by atoms with Gasteiger partial charge in [0.2, 0.25) is 0 Å². The van der Waals surface area contributed by atoms with Gasteiger partial charge in [0, 0.05) is 11.1 Å². The Bertz CT molecular complexity index is 1190. The molecule has 3 rings (SSSR count). The van der Waals surface area contributed by atoms with Crippen molar-refractivity contribution in [3.05, 3.63) is 77.6 Å². The third-order valence-corrected chi connectivity index (χ3v) is 6.49. The van der Waals surface area contributed by atoms with Crippen molar-refractivity contribution in [2.24, 2.45) is 5.92 Å². The zero-order valence-corrected chi connectivity index (χ0v) is 22.8. The maximum atomic E-state index is 14.8. The number of rotatable bonds is 15. The molecule has 3 aromatic carbocycles. The molecule has 5 nitrogen and oxygen atoms in total. The highest BCUT2D eigenvalue weighted by Crippen LogP contribution is 2.36. The van der Waals surface area contributed by atoms with Gasteiger partial charge in [-0.2, -0.15) is 0 Å². The minimum absolute atomic E-state index is 0.0519. The number of benzene rings is 3. The molecule has 38 heavy (non-hydrogen) atoms. The van der Waals surface area contributed by atoms with Crippen LogP contribution in [0.5, 0.6) is 17.2 Å². The van der Waals surface area contributed by atoms with Gasteiger partial charge in [-0.1, -0.05) is 51.5 Å². The molecule has 6 heteroatoms. The molecule has 1 N–H and O–H groups in total. The summed E-state index contributed by atoms with van der Waals surface area (Å²) in [5.74, 6) is 1.23. The molecule has 0 saturated heterocycles. The average molecular weight is 523 g/mol. The van der Waals surface area contributed by atoms with E-state index in [-0.39, 0.29) is 18.2 Å². The third-order valence-electron chi connectivity index (χ3n) is 6.49. The van der Waals surface area contributed by atoms with Crippen LogP contribution in [-0.2, 0) is 11.4 Å². The Morgan fingerprint density at radius 1 is 0.947 bits per heavy atom. The smallest absolute Gasteiger partial charge is 0.303 e. The highest BCUT2D eigenvalue weighted by atomic mass is 19.1. The zero-order valence-electron chi connectivity index (χ0n) is 22.8. The Morgan fingerprint density at radius 2 is 1.76 bits per heavy atom. The molecule has 0 bridgehead atoms. The van der Waals surface area contributed by atoms with Crippen molar-refractivity contribution in [3.63, 3.8) is 0 Å². The van der Waals surface area contributed by atoms with Gasteiger partial charge in [-0.3, -0.25) is 4.79 Å². The van der Waals surface area contributed by atoms with Crippen LogP contribution < -0.4 is 14.2 Å². The van der Waals surface area contributed by atoms with Crippen LogP contribution in [0.3, 0.4) is 0 Å². The Balaban J connectivity index is 1.82. The lowest BCUT2D eigenvalue weighted by Gasteiger charge is -2.17. The van der Waals surface area contributed by atoms with Gasteiger partial charge in [-0.25, -0.2) is 4.39 Å². The number of ether oxygens (including phenoxy) is 3. The van der Waals surface area contributed by atoms with E-state index in [1.165, 1.54) is 6.07 Å². The maximum absolute atomic E-state index is 14.8. The molecule has 0 unspecified atom stereocenters. The first kappa shape index (κ1) is 29.0. The van der Waals surface area contributed by atoms with Crippen molar-refractivity contribution in [1.82, 2.24) is 0 Å². The second-order valence-corrected chi connectivity index (χ2v) is 10.0. The Morgan fingerprint density at radius 3 is 2.47 bits per heavy atom. The van der Waals surface area contributed by atoms with Crippen LogP contribution in [0.4, 0.5) is 4.39 Å². The molecule has 0 heterocycles. The van der Waals surface area contributed by atoms with Crippen LogP contribution in [0.2, 0.25) is 0 Å². The van der Waals surface area contributed by atoms with Crippen molar-refractivity contribution in [2.75, 3.05) is 13.7 Å². The highest BCUT2D eigenvalue weighted by Gasteiger charge is 2.16. The van der Waals surface area contributed by atoms with Gasteiger partial charge in [-0.15, -0.1) is 0 Å². The highest BCUT2D eigenvalue weighted by molar-refractivity contribution is 5.72. The second kappa shape index (κ2) is 14.4. The van der Waals surface area contributed by atoms with E-state index in [9.17, 15) is 14.3 Å². The molecular formula is C32H39FO5. The molecule has 0 fully saturated rings. The normalized spacial score (nSPS) is 11.8. The lowest BCUT2D eigenvalue weighted by atomic mass is 9.91. The number of carboxylic acids is 1. The van der Waals surface area contributed by atoms with Gasteiger partial charge in [0.1, 0.15) is 29.7 Å². The van der Waals surface area contributed by atoms with Crippen LogP contribution >= 0.6 is 0 Å². The molecule has 0 aliphatic carbocycles. The van der Waals surface area contributed by atoms with E-state index in [1.54, 1.807) is 19.2 Å². The summed E-state index contributed by atoms with van der Waals surface area (Å²) in [6, 6.07) is 18.0. The summed E-state index contributed by atoms with van der Waals surface area (Å²) in [4.78, 5) is 11.3. The quantitative estimate of drug-likeness (QED) is 0.204. The van der Waals surface area contributed by atoms with Gasteiger partial charge in [-0.05, 0) is 78.6 Å². The van der Waals surface area contributed by atoms with E-state index in [0.717, 1.165) is 36.8 Å². The van der Waals surface area contributed by atoms with Crippen LogP contribution in [-0.4, -0.2) is 24.8 Å². The molecule has 0 aliphatic rings. The van der Waals surface area contributed by atoms with Gasteiger partial charge in [0.15, 0.2) is 0 Å². The minimum Gasteiger partial charge on any atom is -0.497 e.